The lowest BCUT2D eigenvalue weighted by molar-refractivity contribution is 0.222. The molecular formula is C12H15FO. The third-order valence-electron chi connectivity index (χ3n) is 1.96. The van der Waals surface area contributed by atoms with Gasteiger partial charge in [-0.05, 0) is 26.8 Å². The van der Waals surface area contributed by atoms with Gasteiger partial charge in [-0.2, -0.15) is 0 Å². The van der Waals surface area contributed by atoms with Crippen molar-refractivity contribution >= 4 is 0 Å². The first-order valence-electron chi connectivity index (χ1n) is 4.60. The summed E-state index contributed by atoms with van der Waals surface area (Å²) in [6.45, 7) is 5.62. The van der Waals surface area contributed by atoms with Crippen LogP contribution in [-0.4, -0.2) is 5.11 Å². The molecule has 1 unspecified atom stereocenters. The van der Waals surface area contributed by atoms with Crippen LogP contribution in [0.2, 0.25) is 0 Å². The fourth-order valence-electron chi connectivity index (χ4n) is 1.30. The van der Waals surface area contributed by atoms with Crippen molar-refractivity contribution in [3.8, 4) is 0 Å². The van der Waals surface area contributed by atoms with Crippen LogP contribution >= 0.6 is 0 Å². The number of aliphatic hydroxyl groups excluding tert-OH is 1. The maximum absolute atomic E-state index is 13.3. The minimum Gasteiger partial charge on any atom is -0.384 e. The highest BCUT2D eigenvalue weighted by atomic mass is 19.1. The van der Waals surface area contributed by atoms with Gasteiger partial charge in [-0.25, -0.2) is 4.39 Å². The zero-order chi connectivity index (χ0) is 10.7. The molecule has 0 amide bonds. The molecule has 14 heavy (non-hydrogen) atoms. The van der Waals surface area contributed by atoms with Crippen molar-refractivity contribution in [2.24, 2.45) is 0 Å². The molecule has 1 nitrogen and oxygen atoms in total. The molecule has 1 aromatic rings. The normalized spacial score (nSPS) is 12.4. The fraction of sp³-hybridized carbons (Fsp3) is 0.333. The molecule has 0 aliphatic rings. The smallest absolute Gasteiger partial charge is 0.129 e. The average molecular weight is 194 g/mol. The molecule has 0 heterocycles. The van der Waals surface area contributed by atoms with Gasteiger partial charge in [0.15, 0.2) is 0 Å². The largest absolute Gasteiger partial charge is 0.384 e. The number of halogens is 1. The molecule has 0 saturated heterocycles. The Morgan fingerprint density at radius 1 is 1.43 bits per heavy atom. The summed E-state index contributed by atoms with van der Waals surface area (Å²) in [6.07, 6.45) is 0.789. The van der Waals surface area contributed by atoms with E-state index in [2.05, 4.69) is 0 Å². The Morgan fingerprint density at radius 2 is 2.07 bits per heavy atom. The summed E-state index contributed by atoms with van der Waals surface area (Å²) in [4.78, 5) is 0. The van der Waals surface area contributed by atoms with Gasteiger partial charge in [0, 0.05) is 5.56 Å². The predicted octanol–water partition coefficient (Wildman–Crippen LogP) is 3.13. The Bertz CT molecular complexity index is 351. The molecular weight excluding hydrogens is 179 g/mol. The monoisotopic (exact) mass is 194 g/mol. The highest BCUT2D eigenvalue weighted by molar-refractivity contribution is 5.28. The Labute approximate surface area is 83.9 Å². The highest BCUT2D eigenvalue weighted by Crippen LogP contribution is 2.20. The van der Waals surface area contributed by atoms with Crippen LogP contribution in [0.25, 0.3) is 0 Å². The molecule has 76 valence electrons. The third-order valence-corrected chi connectivity index (χ3v) is 1.96. The van der Waals surface area contributed by atoms with E-state index in [0.717, 1.165) is 11.1 Å². The van der Waals surface area contributed by atoms with Gasteiger partial charge in [0.1, 0.15) is 11.9 Å². The van der Waals surface area contributed by atoms with Crippen LogP contribution in [0.5, 0.6) is 0 Å². The molecule has 2 heteroatoms. The summed E-state index contributed by atoms with van der Waals surface area (Å²) < 4.78 is 13.3. The Morgan fingerprint density at radius 3 is 2.64 bits per heavy atom. The van der Waals surface area contributed by atoms with Crippen molar-refractivity contribution in [2.45, 2.75) is 26.9 Å². The maximum atomic E-state index is 13.3. The SMILES string of the molecule is CC(C)=CC(O)c1cc(C)ccc1F. The Balaban J connectivity index is 3.05. The molecule has 1 rings (SSSR count). The van der Waals surface area contributed by atoms with Crippen LogP contribution in [0.15, 0.2) is 29.8 Å². The third kappa shape index (κ3) is 2.67. The predicted molar refractivity (Wildman–Crippen MR) is 55.5 cm³/mol. The standard InChI is InChI=1S/C12H15FO/c1-8(2)6-12(14)10-7-9(3)4-5-11(10)13/h4-7,12,14H,1-3H3. The summed E-state index contributed by atoms with van der Waals surface area (Å²) in [5.41, 5.74) is 2.26. The Kier molecular flexibility index (Phi) is 3.42. The molecule has 0 spiro atoms. The van der Waals surface area contributed by atoms with Crippen LogP contribution in [0.1, 0.15) is 31.1 Å². The van der Waals surface area contributed by atoms with Crippen molar-refractivity contribution in [1.29, 1.82) is 0 Å². The summed E-state index contributed by atoms with van der Waals surface area (Å²) in [5, 5.41) is 9.68. The highest BCUT2D eigenvalue weighted by Gasteiger charge is 2.09. The number of hydrogen-bond donors (Lipinski definition) is 1. The number of aliphatic hydroxyl groups is 1. The summed E-state index contributed by atoms with van der Waals surface area (Å²) in [7, 11) is 0. The van der Waals surface area contributed by atoms with Crippen LogP contribution in [0, 0.1) is 12.7 Å². The van der Waals surface area contributed by atoms with Crippen molar-refractivity contribution < 1.29 is 9.50 Å². The molecule has 0 radical (unpaired) electrons. The molecule has 0 fully saturated rings. The quantitative estimate of drug-likeness (QED) is 0.717. The Hall–Kier alpha value is -1.15. The zero-order valence-electron chi connectivity index (χ0n) is 8.71. The first-order chi connectivity index (χ1) is 6.50. The minimum atomic E-state index is -0.847. The van der Waals surface area contributed by atoms with E-state index in [1.165, 1.54) is 6.07 Å². The van der Waals surface area contributed by atoms with Gasteiger partial charge < -0.3 is 5.11 Å². The lowest BCUT2D eigenvalue weighted by Gasteiger charge is -2.09. The van der Waals surface area contributed by atoms with Gasteiger partial charge in [0.05, 0.1) is 0 Å². The molecule has 0 bridgehead atoms. The van der Waals surface area contributed by atoms with Crippen LogP contribution in [-0.2, 0) is 0 Å². The number of allylic oxidation sites excluding steroid dienone is 1. The van der Waals surface area contributed by atoms with Gasteiger partial charge in [0.25, 0.3) is 0 Å². The van der Waals surface area contributed by atoms with E-state index in [-0.39, 0.29) is 5.82 Å². The maximum Gasteiger partial charge on any atom is 0.129 e. The first-order valence-corrected chi connectivity index (χ1v) is 4.60. The van der Waals surface area contributed by atoms with Crippen LogP contribution in [0.4, 0.5) is 4.39 Å². The van der Waals surface area contributed by atoms with Gasteiger partial charge in [-0.3, -0.25) is 0 Å². The molecule has 0 aromatic heterocycles. The lowest BCUT2D eigenvalue weighted by atomic mass is 10.0. The summed E-state index contributed by atoms with van der Waals surface area (Å²) in [6, 6.07) is 4.74. The second kappa shape index (κ2) is 4.38. The summed E-state index contributed by atoms with van der Waals surface area (Å²) in [5.74, 6) is -0.361. The van der Waals surface area contributed by atoms with Crippen molar-refractivity contribution in [3.63, 3.8) is 0 Å². The number of hydrogen-bond acceptors (Lipinski definition) is 1. The molecule has 0 aliphatic heterocycles. The zero-order valence-corrected chi connectivity index (χ0v) is 8.71. The molecule has 1 atom stereocenters. The van der Waals surface area contributed by atoms with E-state index in [4.69, 9.17) is 0 Å². The second-order valence-electron chi connectivity index (χ2n) is 3.71. The van der Waals surface area contributed by atoms with Crippen molar-refractivity contribution in [3.05, 3.63) is 46.8 Å². The minimum absolute atomic E-state index is 0.339. The number of rotatable bonds is 2. The average Bonchev–Trinajstić information content (AvgIpc) is 2.08. The van der Waals surface area contributed by atoms with Crippen molar-refractivity contribution in [2.75, 3.05) is 0 Å². The van der Waals surface area contributed by atoms with E-state index in [0.29, 0.717) is 5.56 Å². The summed E-state index contributed by atoms with van der Waals surface area (Å²) >= 11 is 0. The van der Waals surface area contributed by atoms with E-state index >= 15 is 0 Å². The van der Waals surface area contributed by atoms with E-state index < -0.39 is 6.10 Å². The fourth-order valence-corrected chi connectivity index (χ4v) is 1.30. The van der Waals surface area contributed by atoms with Gasteiger partial charge in [0.2, 0.25) is 0 Å². The van der Waals surface area contributed by atoms with Crippen LogP contribution < -0.4 is 0 Å². The molecule has 0 saturated carbocycles. The van der Waals surface area contributed by atoms with E-state index in [1.807, 2.05) is 20.8 Å². The topological polar surface area (TPSA) is 20.2 Å². The molecule has 1 N–H and O–H groups in total. The first kappa shape index (κ1) is 10.9. The number of benzene rings is 1. The molecule has 0 aliphatic carbocycles. The number of aryl methyl sites for hydroxylation is 1. The van der Waals surface area contributed by atoms with Gasteiger partial charge in [-0.15, -0.1) is 0 Å². The van der Waals surface area contributed by atoms with E-state index in [1.54, 1.807) is 18.2 Å². The second-order valence-corrected chi connectivity index (χ2v) is 3.71. The van der Waals surface area contributed by atoms with Crippen LogP contribution in [0.3, 0.4) is 0 Å². The molecule has 1 aromatic carbocycles. The van der Waals surface area contributed by atoms with Gasteiger partial charge >= 0.3 is 0 Å². The van der Waals surface area contributed by atoms with E-state index in [9.17, 15) is 9.50 Å². The van der Waals surface area contributed by atoms with Crippen molar-refractivity contribution in [1.82, 2.24) is 0 Å². The van der Waals surface area contributed by atoms with Gasteiger partial charge in [-0.1, -0.05) is 29.3 Å². The lowest BCUT2D eigenvalue weighted by Crippen LogP contribution is -1.98.